The third-order valence-electron chi connectivity index (χ3n) is 4.86. The van der Waals surface area contributed by atoms with Gasteiger partial charge in [0.25, 0.3) is 5.91 Å². The number of hydrogen-bond donors (Lipinski definition) is 0. The van der Waals surface area contributed by atoms with Crippen molar-refractivity contribution in [3.05, 3.63) is 70.6 Å². The molecule has 1 fully saturated rings. The molecule has 1 aromatic heterocycles. The van der Waals surface area contributed by atoms with E-state index in [0.29, 0.717) is 29.8 Å². The molecule has 0 spiro atoms. The Bertz CT molecular complexity index is 1020. The van der Waals surface area contributed by atoms with Gasteiger partial charge in [-0.15, -0.1) is 0 Å². The van der Waals surface area contributed by atoms with Crippen molar-refractivity contribution in [2.45, 2.75) is 0 Å². The molecule has 0 aliphatic carbocycles. The molecular formula is C21H20N2O4. The normalized spacial score (nSPS) is 14.4. The highest BCUT2D eigenvalue weighted by atomic mass is 16.5. The second kappa shape index (κ2) is 7.15. The second-order valence-electron chi connectivity index (χ2n) is 6.47. The fourth-order valence-corrected chi connectivity index (χ4v) is 3.34. The van der Waals surface area contributed by atoms with E-state index in [1.807, 2.05) is 18.2 Å². The summed E-state index contributed by atoms with van der Waals surface area (Å²) in [5, 5.41) is 0.696. The number of amides is 1. The van der Waals surface area contributed by atoms with E-state index < -0.39 is 5.63 Å². The Hall–Kier alpha value is -3.28. The molecule has 6 nitrogen and oxygen atoms in total. The molecule has 1 aliphatic rings. The van der Waals surface area contributed by atoms with Crippen molar-refractivity contribution in [1.29, 1.82) is 0 Å². The molecule has 27 heavy (non-hydrogen) atoms. The number of nitrogens with zero attached hydrogens (tertiary/aromatic N) is 2. The van der Waals surface area contributed by atoms with Gasteiger partial charge in [0.05, 0.1) is 7.11 Å². The number of anilines is 1. The zero-order chi connectivity index (χ0) is 18.8. The first-order valence-electron chi connectivity index (χ1n) is 8.87. The molecule has 0 unspecified atom stereocenters. The lowest BCUT2D eigenvalue weighted by Crippen LogP contribution is -2.49. The van der Waals surface area contributed by atoms with Crippen molar-refractivity contribution < 1.29 is 13.9 Å². The monoisotopic (exact) mass is 364 g/mol. The summed E-state index contributed by atoms with van der Waals surface area (Å²) in [6.07, 6.45) is 0. The third kappa shape index (κ3) is 3.38. The molecule has 2 aromatic carbocycles. The van der Waals surface area contributed by atoms with Crippen molar-refractivity contribution in [2.24, 2.45) is 0 Å². The number of piperazine rings is 1. The van der Waals surface area contributed by atoms with Crippen LogP contribution in [-0.4, -0.2) is 44.1 Å². The van der Waals surface area contributed by atoms with Crippen LogP contribution in [0.25, 0.3) is 11.0 Å². The van der Waals surface area contributed by atoms with E-state index >= 15 is 0 Å². The summed E-state index contributed by atoms with van der Waals surface area (Å²) in [6.45, 7) is 2.58. The predicted molar refractivity (Wildman–Crippen MR) is 104 cm³/mol. The third-order valence-corrected chi connectivity index (χ3v) is 4.86. The van der Waals surface area contributed by atoms with Crippen LogP contribution in [0.3, 0.4) is 0 Å². The van der Waals surface area contributed by atoms with Gasteiger partial charge in [0.15, 0.2) is 0 Å². The number of carbonyl (C=O) groups is 1. The second-order valence-corrected chi connectivity index (χ2v) is 6.47. The lowest BCUT2D eigenvalue weighted by molar-refractivity contribution is 0.0742. The zero-order valence-corrected chi connectivity index (χ0v) is 15.1. The number of para-hydroxylation sites is 1. The summed E-state index contributed by atoms with van der Waals surface area (Å²) < 4.78 is 10.5. The van der Waals surface area contributed by atoms with Crippen LogP contribution in [-0.2, 0) is 0 Å². The highest BCUT2D eigenvalue weighted by Gasteiger charge is 2.25. The van der Waals surface area contributed by atoms with Crippen molar-refractivity contribution in [1.82, 2.24) is 4.90 Å². The minimum atomic E-state index is -0.619. The van der Waals surface area contributed by atoms with Crippen LogP contribution in [0.5, 0.6) is 5.75 Å². The maximum Gasteiger partial charge on any atom is 0.349 e. The highest BCUT2D eigenvalue weighted by molar-refractivity contribution is 5.97. The molecular weight excluding hydrogens is 344 g/mol. The van der Waals surface area contributed by atoms with Gasteiger partial charge in [-0.1, -0.05) is 18.2 Å². The molecule has 6 heteroatoms. The molecule has 0 saturated carbocycles. The predicted octanol–water partition coefficient (Wildman–Crippen LogP) is 2.76. The van der Waals surface area contributed by atoms with E-state index in [9.17, 15) is 9.59 Å². The van der Waals surface area contributed by atoms with Gasteiger partial charge in [0.2, 0.25) is 0 Å². The standard InChI is InChI=1S/C21H20N2O4/c1-26-17-8-7-15-13-18(21(25)27-19(15)14-17)20(24)23-11-9-22(10-12-23)16-5-3-2-4-6-16/h2-8,13-14H,9-12H2,1H3. The Morgan fingerprint density at radius 3 is 2.44 bits per heavy atom. The Morgan fingerprint density at radius 1 is 1.00 bits per heavy atom. The van der Waals surface area contributed by atoms with Crippen LogP contribution in [0.2, 0.25) is 0 Å². The minimum Gasteiger partial charge on any atom is -0.497 e. The zero-order valence-electron chi connectivity index (χ0n) is 15.1. The summed E-state index contributed by atoms with van der Waals surface area (Å²) in [6, 6.07) is 16.9. The molecule has 0 atom stereocenters. The molecule has 0 N–H and O–H groups in total. The van der Waals surface area contributed by atoms with Crippen LogP contribution < -0.4 is 15.3 Å². The van der Waals surface area contributed by atoms with E-state index in [-0.39, 0.29) is 11.5 Å². The lowest BCUT2D eigenvalue weighted by atomic mass is 10.1. The number of hydrogen-bond acceptors (Lipinski definition) is 5. The van der Waals surface area contributed by atoms with E-state index in [1.54, 1.807) is 36.3 Å². The average molecular weight is 364 g/mol. The van der Waals surface area contributed by atoms with Crippen LogP contribution in [0.1, 0.15) is 10.4 Å². The number of benzene rings is 2. The van der Waals surface area contributed by atoms with E-state index in [4.69, 9.17) is 9.15 Å². The number of ether oxygens (including phenoxy) is 1. The van der Waals surface area contributed by atoms with Gasteiger partial charge in [0, 0.05) is 43.3 Å². The molecule has 138 valence electrons. The van der Waals surface area contributed by atoms with E-state index in [0.717, 1.165) is 18.8 Å². The summed E-state index contributed by atoms with van der Waals surface area (Å²) in [7, 11) is 1.55. The number of carbonyl (C=O) groups excluding carboxylic acids is 1. The van der Waals surface area contributed by atoms with Gasteiger partial charge < -0.3 is 19.0 Å². The number of rotatable bonds is 3. The maximum atomic E-state index is 12.9. The maximum absolute atomic E-state index is 12.9. The van der Waals surface area contributed by atoms with Gasteiger partial charge in [-0.3, -0.25) is 4.79 Å². The first-order valence-corrected chi connectivity index (χ1v) is 8.87. The van der Waals surface area contributed by atoms with Crippen molar-refractivity contribution in [2.75, 3.05) is 38.2 Å². The molecule has 1 aliphatic heterocycles. The van der Waals surface area contributed by atoms with Gasteiger partial charge in [0.1, 0.15) is 16.9 Å². The SMILES string of the molecule is COc1ccc2cc(C(=O)N3CCN(c4ccccc4)CC3)c(=O)oc2c1. The van der Waals surface area contributed by atoms with E-state index in [1.165, 1.54) is 0 Å². The Labute approximate surface area is 156 Å². The van der Waals surface area contributed by atoms with Gasteiger partial charge in [-0.25, -0.2) is 4.79 Å². The van der Waals surface area contributed by atoms with Crippen LogP contribution in [0.4, 0.5) is 5.69 Å². The van der Waals surface area contributed by atoms with Crippen molar-refractivity contribution in [3.8, 4) is 5.75 Å². The first kappa shape index (κ1) is 17.1. The Morgan fingerprint density at radius 2 is 1.74 bits per heavy atom. The van der Waals surface area contributed by atoms with Crippen LogP contribution >= 0.6 is 0 Å². The molecule has 0 radical (unpaired) electrons. The highest BCUT2D eigenvalue weighted by Crippen LogP contribution is 2.21. The fourth-order valence-electron chi connectivity index (χ4n) is 3.34. The van der Waals surface area contributed by atoms with E-state index in [2.05, 4.69) is 17.0 Å². The number of methoxy groups -OCH3 is 1. The molecule has 3 aromatic rings. The molecule has 0 bridgehead atoms. The molecule has 4 rings (SSSR count). The molecule has 1 amide bonds. The Kier molecular flexibility index (Phi) is 4.54. The number of fused-ring (bicyclic) bond motifs is 1. The largest absolute Gasteiger partial charge is 0.497 e. The minimum absolute atomic E-state index is 0.0702. The van der Waals surface area contributed by atoms with Crippen molar-refractivity contribution >= 4 is 22.6 Å². The molecule has 1 saturated heterocycles. The lowest BCUT2D eigenvalue weighted by Gasteiger charge is -2.36. The fraction of sp³-hybridized carbons (Fsp3) is 0.238. The van der Waals surface area contributed by atoms with Crippen LogP contribution in [0, 0.1) is 0 Å². The first-order chi connectivity index (χ1) is 13.2. The van der Waals surface area contributed by atoms with Crippen molar-refractivity contribution in [3.63, 3.8) is 0 Å². The quantitative estimate of drug-likeness (QED) is 0.669. The Balaban J connectivity index is 1.53. The average Bonchev–Trinajstić information content (AvgIpc) is 2.73. The van der Waals surface area contributed by atoms with Gasteiger partial charge in [-0.2, -0.15) is 0 Å². The van der Waals surface area contributed by atoms with Gasteiger partial charge >= 0.3 is 5.63 Å². The smallest absolute Gasteiger partial charge is 0.349 e. The molecule has 2 heterocycles. The van der Waals surface area contributed by atoms with Crippen LogP contribution in [0.15, 0.2) is 63.8 Å². The summed E-state index contributed by atoms with van der Waals surface area (Å²) in [5.41, 5.74) is 1.00. The van der Waals surface area contributed by atoms with Gasteiger partial charge in [-0.05, 0) is 30.3 Å². The topological polar surface area (TPSA) is 63.0 Å². The summed E-state index contributed by atoms with van der Waals surface area (Å²) in [5.74, 6) is 0.316. The summed E-state index contributed by atoms with van der Waals surface area (Å²) in [4.78, 5) is 29.1. The summed E-state index contributed by atoms with van der Waals surface area (Å²) >= 11 is 0.